The SMILES string of the molecule is CCCCC(C=O)(CCCC)CCS(=O)(=O)c1ccc(C)cc1Cc1ccc(F)cc1. The summed E-state index contributed by atoms with van der Waals surface area (Å²) in [6.45, 7) is 6.10. The van der Waals surface area contributed by atoms with Gasteiger partial charge in [-0.1, -0.05) is 69.4 Å². The van der Waals surface area contributed by atoms with E-state index in [1.165, 1.54) is 12.1 Å². The monoisotopic (exact) mass is 446 g/mol. The summed E-state index contributed by atoms with van der Waals surface area (Å²) in [5, 5.41) is 0. The molecule has 0 amide bonds. The molecule has 2 rings (SSSR count). The number of aryl methyl sites for hydroxylation is 1. The van der Waals surface area contributed by atoms with Crippen molar-refractivity contribution in [3.63, 3.8) is 0 Å². The van der Waals surface area contributed by atoms with Crippen molar-refractivity contribution in [2.24, 2.45) is 5.41 Å². The second-order valence-corrected chi connectivity index (χ2v) is 10.7. The number of benzene rings is 2. The Kier molecular flexibility index (Phi) is 9.42. The molecular formula is C26H35FO3S. The van der Waals surface area contributed by atoms with Crippen LogP contribution in [0.5, 0.6) is 0 Å². The molecule has 2 aromatic rings. The minimum absolute atomic E-state index is 0.0430. The van der Waals surface area contributed by atoms with E-state index >= 15 is 0 Å². The average molecular weight is 447 g/mol. The molecule has 0 atom stereocenters. The van der Waals surface area contributed by atoms with Crippen LogP contribution in [0.25, 0.3) is 0 Å². The number of hydrogen-bond donors (Lipinski definition) is 0. The molecule has 0 heterocycles. The molecule has 2 aromatic carbocycles. The average Bonchev–Trinajstić information content (AvgIpc) is 2.75. The van der Waals surface area contributed by atoms with Gasteiger partial charge in [0.1, 0.15) is 12.1 Å². The molecule has 0 aliphatic rings. The Labute approximate surface area is 187 Å². The summed E-state index contributed by atoms with van der Waals surface area (Å²) in [5.74, 6) is -0.358. The first-order valence-corrected chi connectivity index (χ1v) is 12.9. The van der Waals surface area contributed by atoms with Crippen LogP contribution in [0.3, 0.4) is 0 Å². The van der Waals surface area contributed by atoms with Gasteiger partial charge in [-0.25, -0.2) is 12.8 Å². The van der Waals surface area contributed by atoms with Gasteiger partial charge in [0.05, 0.1) is 10.6 Å². The van der Waals surface area contributed by atoms with Crippen LogP contribution in [-0.2, 0) is 21.1 Å². The Balaban J connectivity index is 2.29. The molecule has 170 valence electrons. The molecule has 0 saturated carbocycles. The number of carbonyl (C=O) groups excluding carboxylic acids is 1. The lowest BCUT2D eigenvalue weighted by atomic mass is 9.77. The number of aldehydes is 1. The van der Waals surface area contributed by atoms with Crippen molar-refractivity contribution < 1.29 is 17.6 Å². The Morgan fingerprint density at radius 1 is 0.935 bits per heavy atom. The zero-order chi connectivity index (χ0) is 22.9. The molecule has 0 saturated heterocycles. The highest BCUT2D eigenvalue weighted by atomic mass is 32.2. The van der Waals surface area contributed by atoms with Gasteiger partial charge in [-0.2, -0.15) is 0 Å². The highest BCUT2D eigenvalue weighted by Gasteiger charge is 2.31. The number of unbranched alkanes of at least 4 members (excludes halogenated alkanes) is 2. The van der Waals surface area contributed by atoms with Gasteiger partial charge in [0.15, 0.2) is 9.84 Å². The summed E-state index contributed by atoms with van der Waals surface area (Å²) < 4.78 is 39.9. The molecule has 0 aromatic heterocycles. The van der Waals surface area contributed by atoms with Gasteiger partial charge < -0.3 is 4.79 Å². The Morgan fingerprint density at radius 2 is 1.55 bits per heavy atom. The van der Waals surface area contributed by atoms with Crippen LogP contribution in [0.1, 0.15) is 75.5 Å². The van der Waals surface area contributed by atoms with Crippen LogP contribution in [-0.4, -0.2) is 20.5 Å². The van der Waals surface area contributed by atoms with Crippen molar-refractivity contribution in [3.8, 4) is 0 Å². The van der Waals surface area contributed by atoms with E-state index in [0.29, 0.717) is 23.3 Å². The zero-order valence-corrected chi connectivity index (χ0v) is 19.8. The van der Waals surface area contributed by atoms with E-state index in [-0.39, 0.29) is 11.6 Å². The summed E-state index contributed by atoms with van der Waals surface area (Å²) in [6, 6.07) is 11.5. The molecule has 5 heteroatoms. The second kappa shape index (κ2) is 11.6. The van der Waals surface area contributed by atoms with Gasteiger partial charge in [-0.3, -0.25) is 0 Å². The third-order valence-electron chi connectivity index (χ3n) is 6.03. The molecule has 0 aliphatic carbocycles. The van der Waals surface area contributed by atoms with Crippen molar-refractivity contribution in [2.75, 3.05) is 5.75 Å². The van der Waals surface area contributed by atoms with Crippen LogP contribution in [0, 0.1) is 18.2 Å². The Morgan fingerprint density at radius 3 is 2.10 bits per heavy atom. The Hall–Kier alpha value is -2.01. The number of hydrogen-bond acceptors (Lipinski definition) is 3. The highest BCUT2D eigenvalue weighted by Crippen LogP contribution is 2.34. The maximum Gasteiger partial charge on any atom is 0.178 e. The number of halogens is 1. The van der Waals surface area contributed by atoms with E-state index in [1.54, 1.807) is 18.2 Å². The maximum atomic E-state index is 13.3. The molecule has 0 N–H and O–H groups in total. The highest BCUT2D eigenvalue weighted by molar-refractivity contribution is 7.91. The minimum Gasteiger partial charge on any atom is -0.303 e. The molecule has 0 spiro atoms. The van der Waals surface area contributed by atoms with E-state index in [9.17, 15) is 17.6 Å². The van der Waals surface area contributed by atoms with Crippen LogP contribution >= 0.6 is 0 Å². The summed E-state index contributed by atoms with van der Waals surface area (Å²) in [6.07, 6.45) is 7.04. The predicted octanol–water partition coefficient (Wildman–Crippen LogP) is 6.45. The third-order valence-corrected chi connectivity index (χ3v) is 7.84. The molecule has 3 nitrogen and oxygen atoms in total. The molecule has 0 fully saturated rings. The first-order chi connectivity index (χ1) is 14.7. The fraction of sp³-hybridized carbons (Fsp3) is 0.500. The fourth-order valence-electron chi connectivity index (χ4n) is 4.03. The molecule has 0 unspecified atom stereocenters. The van der Waals surface area contributed by atoms with E-state index in [2.05, 4.69) is 13.8 Å². The van der Waals surface area contributed by atoms with Crippen LogP contribution in [0.15, 0.2) is 47.4 Å². The molecule has 0 aliphatic heterocycles. The van der Waals surface area contributed by atoms with Crippen molar-refractivity contribution in [3.05, 3.63) is 65.0 Å². The van der Waals surface area contributed by atoms with Gasteiger partial charge >= 0.3 is 0 Å². The van der Waals surface area contributed by atoms with Crippen molar-refractivity contribution in [1.82, 2.24) is 0 Å². The van der Waals surface area contributed by atoms with Crippen LogP contribution in [0.2, 0.25) is 0 Å². The summed E-state index contributed by atoms with van der Waals surface area (Å²) in [7, 11) is -3.56. The van der Waals surface area contributed by atoms with Gasteiger partial charge in [-0.05, 0) is 61.9 Å². The summed E-state index contributed by atoms with van der Waals surface area (Å²) in [4.78, 5) is 12.4. The number of carbonyl (C=O) groups is 1. The lowest BCUT2D eigenvalue weighted by Gasteiger charge is -2.28. The molecule has 0 bridgehead atoms. The Bertz CT molecular complexity index is 941. The normalized spacial score (nSPS) is 12.1. The number of sulfone groups is 1. The van der Waals surface area contributed by atoms with Crippen LogP contribution in [0.4, 0.5) is 4.39 Å². The molecular weight excluding hydrogens is 411 g/mol. The van der Waals surface area contributed by atoms with Gasteiger partial charge in [0.2, 0.25) is 0 Å². The first-order valence-electron chi connectivity index (χ1n) is 11.3. The quantitative estimate of drug-likeness (QED) is 0.332. The largest absolute Gasteiger partial charge is 0.303 e. The van der Waals surface area contributed by atoms with Crippen molar-refractivity contribution in [2.45, 2.75) is 77.0 Å². The van der Waals surface area contributed by atoms with Gasteiger partial charge in [-0.15, -0.1) is 0 Å². The molecule has 0 radical (unpaired) electrons. The smallest absolute Gasteiger partial charge is 0.178 e. The van der Waals surface area contributed by atoms with Gasteiger partial charge in [0, 0.05) is 5.41 Å². The second-order valence-electron chi connectivity index (χ2n) is 8.67. The standard InChI is InChI=1S/C26H35FO3S/c1-4-6-14-26(20-28,15-7-5-2)16-17-31(29,30)25-13-8-21(3)18-23(25)19-22-9-11-24(27)12-10-22/h8-13,18,20H,4-7,14-17,19H2,1-3H3. The van der Waals surface area contributed by atoms with E-state index in [0.717, 1.165) is 55.9 Å². The van der Waals surface area contributed by atoms with Crippen molar-refractivity contribution >= 4 is 16.1 Å². The lowest BCUT2D eigenvalue weighted by Crippen LogP contribution is -2.27. The third kappa shape index (κ3) is 7.27. The maximum absolute atomic E-state index is 13.3. The molecule has 31 heavy (non-hydrogen) atoms. The van der Waals surface area contributed by atoms with E-state index < -0.39 is 15.3 Å². The predicted molar refractivity (Wildman–Crippen MR) is 125 cm³/mol. The minimum atomic E-state index is -3.56. The topological polar surface area (TPSA) is 51.2 Å². The summed E-state index contributed by atoms with van der Waals surface area (Å²) in [5.41, 5.74) is 1.98. The fourth-order valence-corrected chi connectivity index (χ4v) is 5.73. The lowest BCUT2D eigenvalue weighted by molar-refractivity contribution is -0.117. The van der Waals surface area contributed by atoms with E-state index in [1.807, 2.05) is 19.1 Å². The van der Waals surface area contributed by atoms with Crippen LogP contribution < -0.4 is 0 Å². The summed E-state index contributed by atoms with van der Waals surface area (Å²) >= 11 is 0. The van der Waals surface area contributed by atoms with E-state index in [4.69, 9.17) is 0 Å². The zero-order valence-electron chi connectivity index (χ0n) is 19.0. The number of rotatable bonds is 13. The first kappa shape index (κ1) is 25.3. The van der Waals surface area contributed by atoms with Crippen molar-refractivity contribution in [1.29, 1.82) is 0 Å². The van der Waals surface area contributed by atoms with Gasteiger partial charge in [0.25, 0.3) is 0 Å².